The van der Waals surface area contributed by atoms with Gasteiger partial charge in [0.1, 0.15) is 22.5 Å². The quantitative estimate of drug-likeness (QED) is 0.322. The molecule has 1 aliphatic heterocycles. The molecule has 0 saturated carbocycles. The molecule has 0 bridgehead atoms. The normalized spacial score (nSPS) is 15.6. The van der Waals surface area contributed by atoms with E-state index in [1.807, 2.05) is 30.3 Å². The number of rotatable bonds is 5. The summed E-state index contributed by atoms with van der Waals surface area (Å²) in [5.41, 5.74) is 0.792. The van der Waals surface area contributed by atoms with E-state index >= 15 is 0 Å². The molecular weight excluding hydrogens is 489 g/mol. The third-order valence-electron chi connectivity index (χ3n) is 5.83. The maximum absolute atomic E-state index is 14.8. The van der Waals surface area contributed by atoms with E-state index in [1.165, 1.54) is 12.1 Å². The average molecular weight is 507 g/mol. The molecule has 1 N–H and O–H groups in total. The highest BCUT2D eigenvalue weighted by atomic mass is 32.1. The van der Waals surface area contributed by atoms with E-state index in [0.717, 1.165) is 46.1 Å². The summed E-state index contributed by atoms with van der Waals surface area (Å²) in [5.74, 6) is -5.05. The fraction of sp³-hybridized carbons (Fsp3) is 0.0741. The van der Waals surface area contributed by atoms with E-state index in [-0.39, 0.29) is 21.7 Å². The lowest BCUT2D eigenvalue weighted by Gasteiger charge is -2.27. The number of benzene rings is 3. The number of aliphatic hydroxyl groups is 1. The van der Waals surface area contributed by atoms with Gasteiger partial charge in [-0.05, 0) is 36.8 Å². The van der Waals surface area contributed by atoms with Crippen LogP contribution >= 0.6 is 11.3 Å². The zero-order chi connectivity index (χ0) is 25.6. The first-order valence-electron chi connectivity index (χ1n) is 10.8. The summed E-state index contributed by atoms with van der Waals surface area (Å²) < 4.78 is 42.0. The molecule has 4 aromatic rings. The topological polar surface area (TPSA) is 70.5 Å². The Labute approximate surface area is 207 Å². The Kier molecular flexibility index (Phi) is 5.93. The monoisotopic (exact) mass is 506 g/mol. The molecule has 1 aromatic heterocycles. The first-order valence-corrected chi connectivity index (χ1v) is 11.6. The van der Waals surface area contributed by atoms with Crippen LogP contribution in [0.5, 0.6) is 0 Å². The SMILES string of the molecule is Cc1nc(-c2ccccc2)sc1C(=O)C1=C(O)C(=O)N(c2ccc(F)cc2F)C1c1ccc(F)cc1. The van der Waals surface area contributed by atoms with Crippen LogP contribution in [0.2, 0.25) is 0 Å². The van der Waals surface area contributed by atoms with E-state index in [1.54, 1.807) is 6.92 Å². The third-order valence-corrected chi connectivity index (χ3v) is 7.04. The van der Waals surface area contributed by atoms with Crippen LogP contribution in [-0.2, 0) is 4.79 Å². The second kappa shape index (κ2) is 9.09. The van der Waals surface area contributed by atoms with Gasteiger partial charge >= 0.3 is 0 Å². The number of aryl methyl sites for hydroxylation is 1. The highest BCUT2D eigenvalue weighted by molar-refractivity contribution is 7.17. The van der Waals surface area contributed by atoms with Gasteiger partial charge in [-0.2, -0.15) is 0 Å². The zero-order valence-electron chi connectivity index (χ0n) is 18.7. The van der Waals surface area contributed by atoms with E-state index in [9.17, 15) is 27.9 Å². The Morgan fingerprint density at radius 3 is 2.31 bits per heavy atom. The van der Waals surface area contributed by atoms with Gasteiger partial charge in [-0.1, -0.05) is 42.5 Å². The average Bonchev–Trinajstić information content (AvgIpc) is 3.38. The van der Waals surface area contributed by atoms with Crippen molar-refractivity contribution in [1.29, 1.82) is 0 Å². The van der Waals surface area contributed by atoms with Crippen LogP contribution < -0.4 is 4.90 Å². The number of halogens is 3. The molecule has 0 radical (unpaired) electrons. The minimum Gasteiger partial charge on any atom is -0.503 e. The fourth-order valence-corrected chi connectivity index (χ4v) is 5.18. The summed E-state index contributed by atoms with van der Waals surface area (Å²) >= 11 is 1.09. The number of ketones is 1. The van der Waals surface area contributed by atoms with Gasteiger partial charge in [0.05, 0.1) is 27.9 Å². The summed E-state index contributed by atoms with van der Waals surface area (Å²) in [6.07, 6.45) is 0. The van der Waals surface area contributed by atoms with Crippen LogP contribution in [-0.4, -0.2) is 21.8 Å². The number of amides is 1. The van der Waals surface area contributed by atoms with Crippen LogP contribution in [0, 0.1) is 24.4 Å². The molecule has 1 atom stereocenters. The maximum Gasteiger partial charge on any atom is 0.294 e. The lowest BCUT2D eigenvalue weighted by atomic mass is 9.94. The van der Waals surface area contributed by atoms with Gasteiger partial charge < -0.3 is 5.11 Å². The van der Waals surface area contributed by atoms with Crippen LogP contribution in [0.15, 0.2) is 84.1 Å². The predicted molar refractivity (Wildman–Crippen MR) is 129 cm³/mol. The molecule has 36 heavy (non-hydrogen) atoms. The predicted octanol–water partition coefficient (Wildman–Crippen LogP) is 6.32. The molecule has 1 unspecified atom stereocenters. The molecule has 9 heteroatoms. The lowest BCUT2D eigenvalue weighted by Crippen LogP contribution is -2.31. The molecule has 5 rings (SSSR count). The summed E-state index contributed by atoms with van der Waals surface area (Å²) in [7, 11) is 0. The summed E-state index contributed by atoms with van der Waals surface area (Å²) in [4.78, 5) is 32.5. The first-order chi connectivity index (χ1) is 17.3. The van der Waals surface area contributed by atoms with Gasteiger partial charge in [0, 0.05) is 11.6 Å². The third kappa shape index (κ3) is 3.97. The van der Waals surface area contributed by atoms with Crippen molar-refractivity contribution in [3.05, 3.63) is 118 Å². The number of hydrogen-bond acceptors (Lipinski definition) is 5. The molecule has 0 saturated heterocycles. The number of Topliss-reactive ketones (excluding diaryl/α,β-unsaturated/α-hetero) is 1. The van der Waals surface area contributed by atoms with Crippen LogP contribution in [0.3, 0.4) is 0 Å². The van der Waals surface area contributed by atoms with E-state index in [0.29, 0.717) is 16.8 Å². The standard InChI is InChI=1S/C27H17F3N2O3S/c1-14-25(36-26(31-14)16-5-3-2-4-6-16)23(33)21-22(15-7-9-17(28)10-8-15)32(27(35)24(21)34)20-12-11-18(29)13-19(20)30/h2-13,22,34H,1H3. The number of nitrogens with zero attached hydrogens (tertiary/aromatic N) is 2. The molecule has 1 amide bonds. The molecule has 180 valence electrons. The van der Waals surface area contributed by atoms with E-state index in [2.05, 4.69) is 4.98 Å². The van der Waals surface area contributed by atoms with Gasteiger partial charge in [-0.25, -0.2) is 18.2 Å². The molecule has 0 spiro atoms. The number of aliphatic hydroxyl groups excluding tert-OH is 1. The van der Waals surface area contributed by atoms with Crippen molar-refractivity contribution < 1.29 is 27.9 Å². The Balaban J connectivity index is 1.65. The van der Waals surface area contributed by atoms with Crippen molar-refractivity contribution >= 4 is 28.7 Å². The van der Waals surface area contributed by atoms with Gasteiger partial charge in [-0.3, -0.25) is 14.5 Å². The Bertz CT molecular complexity index is 1530. The van der Waals surface area contributed by atoms with Crippen molar-refractivity contribution in [3.63, 3.8) is 0 Å². The number of aromatic nitrogens is 1. The lowest BCUT2D eigenvalue weighted by molar-refractivity contribution is -0.117. The van der Waals surface area contributed by atoms with Gasteiger partial charge in [-0.15, -0.1) is 11.3 Å². The van der Waals surface area contributed by atoms with Gasteiger partial charge in [0.15, 0.2) is 5.76 Å². The highest BCUT2D eigenvalue weighted by Gasteiger charge is 2.46. The molecule has 0 fully saturated rings. The Morgan fingerprint density at radius 2 is 1.64 bits per heavy atom. The van der Waals surface area contributed by atoms with E-state index in [4.69, 9.17) is 0 Å². The molecular formula is C27H17F3N2O3S. The zero-order valence-corrected chi connectivity index (χ0v) is 19.5. The van der Waals surface area contributed by atoms with Gasteiger partial charge in [0.25, 0.3) is 5.91 Å². The van der Waals surface area contributed by atoms with E-state index < -0.39 is 40.9 Å². The van der Waals surface area contributed by atoms with Crippen molar-refractivity contribution in [2.45, 2.75) is 13.0 Å². The fourth-order valence-electron chi connectivity index (χ4n) is 4.16. The molecule has 3 aromatic carbocycles. The Hall–Kier alpha value is -4.24. The van der Waals surface area contributed by atoms with Crippen LogP contribution in [0.1, 0.15) is 27.0 Å². The van der Waals surface area contributed by atoms with Crippen molar-refractivity contribution in [1.82, 2.24) is 4.98 Å². The number of carbonyl (C=O) groups excluding carboxylic acids is 2. The second-order valence-electron chi connectivity index (χ2n) is 8.12. The Morgan fingerprint density at radius 1 is 0.972 bits per heavy atom. The second-order valence-corrected chi connectivity index (χ2v) is 9.12. The van der Waals surface area contributed by atoms with Crippen molar-refractivity contribution in [2.75, 3.05) is 4.90 Å². The molecule has 1 aliphatic rings. The largest absolute Gasteiger partial charge is 0.503 e. The van der Waals surface area contributed by atoms with Crippen LogP contribution in [0.25, 0.3) is 10.6 Å². The van der Waals surface area contributed by atoms with Crippen molar-refractivity contribution in [3.8, 4) is 10.6 Å². The smallest absolute Gasteiger partial charge is 0.294 e. The summed E-state index contributed by atoms with van der Waals surface area (Å²) in [5, 5.41) is 11.4. The number of hydrogen-bond donors (Lipinski definition) is 1. The van der Waals surface area contributed by atoms with Crippen LogP contribution in [0.4, 0.5) is 18.9 Å². The maximum atomic E-state index is 14.8. The highest BCUT2D eigenvalue weighted by Crippen LogP contribution is 2.44. The van der Waals surface area contributed by atoms with Crippen molar-refractivity contribution in [2.24, 2.45) is 0 Å². The molecule has 5 nitrogen and oxygen atoms in total. The number of carbonyl (C=O) groups is 2. The number of thiazole rings is 1. The number of anilines is 1. The minimum absolute atomic E-state index is 0.191. The van der Waals surface area contributed by atoms with Gasteiger partial charge in [0.2, 0.25) is 5.78 Å². The summed E-state index contributed by atoms with van der Waals surface area (Å²) in [6.45, 7) is 1.63. The summed E-state index contributed by atoms with van der Waals surface area (Å²) in [6, 6.07) is 15.4. The molecule has 0 aliphatic carbocycles. The minimum atomic E-state index is -1.28. The first kappa shape index (κ1) is 23.5. The molecule has 2 heterocycles.